The van der Waals surface area contributed by atoms with Gasteiger partial charge in [-0.1, -0.05) is 5.16 Å². The molecule has 0 aliphatic carbocycles. The molecule has 2 N–H and O–H groups in total. The van der Waals surface area contributed by atoms with E-state index in [2.05, 4.69) is 15.8 Å². The third kappa shape index (κ3) is 3.47. The van der Waals surface area contributed by atoms with Crippen LogP contribution < -0.4 is 15.4 Å². The van der Waals surface area contributed by atoms with Crippen molar-refractivity contribution < 1.29 is 19.0 Å². The number of urea groups is 1. The summed E-state index contributed by atoms with van der Waals surface area (Å²) in [6.07, 6.45) is 0. The molecule has 2 aromatic rings. The van der Waals surface area contributed by atoms with Crippen LogP contribution in [0.5, 0.6) is 5.75 Å². The number of ether oxygens (including phenoxy) is 1. The van der Waals surface area contributed by atoms with Crippen molar-refractivity contribution in [3.05, 3.63) is 40.1 Å². The van der Waals surface area contributed by atoms with Gasteiger partial charge in [-0.2, -0.15) is 0 Å². The Balaban J connectivity index is 2.11. The van der Waals surface area contributed by atoms with Crippen molar-refractivity contribution in [3.63, 3.8) is 0 Å². The van der Waals surface area contributed by atoms with E-state index in [1.165, 1.54) is 25.3 Å². The molecule has 0 unspecified atom stereocenters. The molecule has 0 saturated heterocycles. The van der Waals surface area contributed by atoms with Gasteiger partial charge in [-0.05, 0) is 13.0 Å². The van der Waals surface area contributed by atoms with Crippen molar-refractivity contribution in [2.24, 2.45) is 0 Å². The Hall–Kier alpha value is -3.10. The number of nitro groups is 1. The zero-order valence-corrected chi connectivity index (χ0v) is 11.2. The van der Waals surface area contributed by atoms with Crippen LogP contribution in [0.1, 0.15) is 5.76 Å². The predicted octanol–water partition coefficient (Wildman–Crippen LogP) is 2.54. The molecular weight excluding hydrogens is 280 g/mol. The molecule has 0 fully saturated rings. The first-order chi connectivity index (χ1) is 9.99. The molecule has 0 aliphatic rings. The second-order valence-corrected chi connectivity index (χ2v) is 4.04. The second kappa shape index (κ2) is 5.90. The number of anilines is 2. The molecule has 1 aromatic heterocycles. The van der Waals surface area contributed by atoms with Crippen LogP contribution in [0, 0.1) is 17.0 Å². The average molecular weight is 292 g/mol. The fraction of sp³-hybridized carbons (Fsp3) is 0.167. The number of rotatable bonds is 4. The first kappa shape index (κ1) is 14.3. The molecule has 1 aromatic carbocycles. The number of nitrogens with one attached hydrogen (secondary N) is 2. The van der Waals surface area contributed by atoms with Gasteiger partial charge in [-0.3, -0.25) is 15.4 Å². The summed E-state index contributed by atoms with van der Waals surface area (Å²) in [7, 11) is 1.35. The molecule has 0 aliphatic heterocycles. The molecule has 0 bridgehead atoms. The van der Waals surface area contributed by atoms with Crippen molar-refractivity contribution in [2.45, 2.75) is 6.92 Å². The van der Waals surface area contributed by atoms with Gasteiger partial charge in [-0.25, -0.2) is 4.79 Å². The van der Waals surface area contributed by atoms with Gasteiger partial charge in [-0.15, -0.1) is 0 Å². The van der Waals surface area contributed by atoms with Crippen molar-refractivity contribution in [3.8, 4) is 5.75 Å². The van der Waals surface area contributed by atoms with Crippen LogP contribution in [0.15, 0.2) is 28.8 Å². The Labute approximate surface area is 119 Å². The normalized spacial score (nSPS) is 10.0. The van der Waals surface area contributed by atoms with Crippen LogP contribution in [0.3, 0.4) is 0 Å². The fourth-order valence-corrected chi connectivity index (χ4v) is 1.59. The first-order valence-electron chi connectivity index (χ1n) is 5.83. The molecule has 110 valence electrons. The third-order valence-corrected chi connectivity index (χ3v) is 2.51. The van der Waals surface area contributed by atoms with Crippen LogP contribution in [0.25, 0.3) is 0 Å². The minimum Gasteiger partial charge on any atom is -0.494 e. The lowest BCUT2D eigenvalue weighted by Gasteiger charge is -2.09. The number of hydrogen-bond donors (Lipinski definition) is 2. The standard InChI is InChI=1S/C12H12N4O5/c1-7-5-11(15-21-7)14-12(17)13-9-4-3-8(16(18)19)6-10(9)20-2/h3-6H,1-2H3,(H2,13,14,15,17). The summed E-state index contributed by atoms with van der Waals surface area (Å²) >= 11 is 0. The number of methoxy groups -OCH3 is 1. The number of aromatic nitrogens is 1. The van der Waals surface area contributed by atoms with Crippen molar-refractivity contribution in [2.75, 3.05) is 17.7 Å². The van der Waals surface area contributed by atoms with E-state index >= 15 is 0 Å². The molecule has 9 heteroatoms. The maximum absolute atomic E-state index is 11.8. The lowest BCUT2D eigenvalue weighted by molar-refractivity contribution is -0.384. The lowest BCUT2D eigenvalue weighted by Crippen LogP contribution is -2.20. The SMILES string of the molecule is COc1cc([N+](=O)[O-])ccc1NC(=O)Nc1cc(C)on1. The smallest absolute Gasteiger partial charge is 0.325 e. The van der Waals surface area contributed by atoms with E-state index in [9.17, 15) is 14.9 Å². The molecule has 0 atom stereocenters. The van der Waals surface area contributed by atoms with Gasteiger partial charge in [0.2, 0.25) is 0 Å². The number of carbonyl (C=O) groups excluding carboxylic acids is 1. The van der Waals surface area contributed by atoms with Crippen LogP contribution in [0.4, 0.5) is 22.0 Å². The van der Waals surface area contributed by atoms with Gasteiger partial charge in [0.1, 0.15) is 11.5 Å². The molecule has 1 heterocycles. The van der Waals surface area contributed by atoms with Crippen LogP contribution >= 0.6 is 0 Å². The molecular formula is C12H12N4O5. The number of nitro benzene ring substituents is 1. The Bertz CT molecular complexity index is 682. The number of hydrogen-bond acceptors (Lipinski definition) is 6. The van der Waals surface area contributed by atoms with Crippen LogP contribution in [-0.4, -0.2) is 23.2 Å². The molecule has 0 radical (unpaired) electrons. The summed E-state index contributed by atoms with van der Waals surface area (Å²) in [5.41, 5.74) is 0.158. The monoisotopic (exact) mass is 292 g/mol. The highest BCUT2D eigenvalue weighted by Gasteiger charge is 2.14. The van der Waals surface area contributed by atoms with Gasteiger partial charge in [0, 0.05) is 12.1 Å². The Kier molecular flexibility index (Phi) is 4.02. The molecule has 0 spiro atoms. The van der Waals surface area contributed by atoms with E-state index in [1.807, 2.05) is 0 Å². The van der Waals surface area contributed by atoms with E-state index < -0.39 is 11.0 Å². The fourth-order valence-electron chi connectivity index (χ4n) is 1.59. The third-order valence-electron chi connectivity index (χ3n) is 2.51. The Morgan fingerprint density at radius 1 is 1.38 bits per heavy atom. The minimum atomic E-state index is -0.574. The summed E-state index contributed by atoms with van der Waals surface area (Å²) in [6.45, 7) is 1.69. The lowest BCUT2D eigenvalue weighted by atomic mass is 10.2. The first-order valence-corrected chi connectivity index (χ1v) is 5.83. The number of non-ortho nitro benzene ring substituents is 1. The Morgan fingerprint density at radius 2 is 2.14 bits per heavy atom. The number of carbonyl (C=O) groups is 1. The predicted molar refractivity (Wildman–Crippen MR) is 73.5 cm³/mol. The second-order valence-electron chi connectivity index (χ2n) is 4.04. The quantitative estimate of drug-likeness (QED) is 0.660. The maximum Gasteiger partial charge on any atom is 0.325 e. The highest BCUT2D eigenvalue weighted by molar-refractivity contribution is 6.00. The molecule has 0 saturated carbocycles. The number of benzene rings is 1. The zero-order chi connectivity index (χ0) is 15.4. The summed E-state index contributed by atoms with van der Waals surface area (Å²) in [5, 5.41) is 19.2. The van der Waals surface area contributed by atoms with Crippen LogP contribution in [-0.2, 0) is 0 Å². The summed E-state index contributed by atoms with van der Waals surface area (Å²) < 4.78 is 9.82. The van der Waals surface area contributed by atoms with E-state index in [4.69, 9.17) is 9.26 Å². The van der Waals surface area contributed by atoms with E-state index in [0.717, 1.165) is 0 Å². The van der Waals surface area contributed by atoms with Crippen LogP contribution in [0.2, 0.25) is 0 Å². The molecule has 2 rings (SSSR count). The highest BCUT2D eigenvalue weighted by Crippen LogP contribution is 2.29. The van der Waals surface area contributed by atoms with Crippen molar-refractivity contribution in [1.29, 1.82) is 0 Å². The van der Waals surface area contributed by atoms with E-state index in [-0.39, 0.29) is 17.3 Å². The molecule has 21 heavy (non-hydrogen) atoms. The van der Waals surface area contributed by atoms with E-state index in [0.29, 0.717) is 11.4 Å². The summed E-state index contributed by atoms with van der Waals surface area (Å²) in [5.74, 6) is 0.986. The minimum absolute atomic E-state index is 0.134. The maximum atomic E-state index is 11.8. The van der Waals surface area contributed by atoms with Gasteiger partial charge in [0.15, 0.2) is 5.82 Å². The zero-order valence-electron chi connectivity index (χ0n) is 11.2. The van der Waals surface area contributed by atoms with Gasteiger partial charge < -0.3 is 14.6 Å². The molecule has 9 nitrogen and oxygen atoms in total. The number of nitrogens with zero attached hydrogens (tertiary/aromatic N) is 2. The number of amides is 2. The topological polar surface area (TPSA) is 120 Å². The average Bonchev–Trinajstić information content (AvgIpc) is 2.84. The van der Waals surface area contributed by atoms with Crippen molar-refractivity contribution >= 4 is 23.2 Å². The van der Waals surface area contributed by atoms with Gasteiger partial charge >= 0.3 is 6.03 Å². The van der Waals surface area contributed by atoms with E-state index in [1.54, 1.807) is 13.0 Å². The molecule has 2 amide bonds. The van der Waals surface area contributed by atoms with Gasteiger partial charge in [0.25, 0.3) is 5.69 Å². The highest BCUT2D eigenvalue weighted by atomic mass is 16.6. The van der Waals surface area contributed by atoms with Crippen molar-refractivity contribution in [1.82, 2.24) is 5.16 Å². The summed E-state index contributed by atoms with van der Waals surface area (Å²) in [6, 6.07) is 4.83. The summed E-state index contributed by atoms with van der Waals surface area (Å²) in [4.78, 5) is 21.9. The largest absolute Gasteiger partial charge is 0.494 e. The number of aryl methyl sites for hydroxylation is 1. The Morgan fingerprint density at radius 3 is 2.71 bits per heavy atom. The van der Waals surface area contributed by atoms with Gasteiger partial charge in [0.05, 0.1) is 23.8 Å².